The van der Waals surface area contributed by atoms with E-state index in [0.29, 0.717) is 30.4 Å². The molecule has 1 fully saturated rings. The van der Waals surface area contributed by atoms with Crippen LogP contribution in [0.15, 0.2) is 24.5 Å². The van der Waals surface area contributed by atoms with Gasteiger partial charge in [-0.15, -0.1) is 11.3 Å². The number of amides is 1. The van der Waals surface area contributed by atoms with E-state index < -0.39 is 6.10 Å². The summed E-state index contributed by atoms with van der Waals surface area (Å²) < 4.78 is 0. The number of carbonyl (C=O) groups is 1. The van der Waals surface area contributed by atoms with E-state index in [0.717, 1.165) is 11.3 Å². The van der Waals surface area contributed by atoms with Gasteiger partial charge in [-0.05, 0) is 38.3 Å². The van der Waals surface area contributed by atoms with Crippen molar-refractivity contribution in [1.82, 2.24) is 15.3 Å². The van der Waals surface area contributed by atoms with E-state index in [1.165, 1.54) is 17.3 Å². The lowest BCUT2D eigenvalue weighted by atomic mass is 9.83. The Bertz CT molecular complexity index is 722. The molecule has 6 nitrogen and oxygen atoms in total. The summed E-state index contributed by atoms with van der Waals surface area (Å²) in [6.07, 6.45) is 4.23. The first-order valence-corrected chi connectivity index (χ1v) is 9.46. The van der Waals surface area contributed by atoms with Gasteiger partial charge in [-0.3, -0.25) is 4.79 Å². The molecule has 3 N–H and O–H groups in total. The monoisotopic (exact) mass is 380 g/mol. The average molecular weight is 381 g/mol. The summed E-state index contributed by atoms with van der Waals surface area (Å²) >= 11 is 7.45. The largest absolute Gasteiger partial charge is 0.391 e. The SMILES string of the molecule is Cc1ccc(CNC(=O)[C@H]2CC[C@H](Nc3ncc(Cl)cn3)[C@@H](O)C2)s1. The lowest BCUT2D eigenvalue weighted by molar-refractivity contribution is -0.127. The molecule has 3 atom stereocenters. The summed E-state index contributed by atoms with van der Waals surface area (Å²) in [5.41, 5.74) is 0. The zero-order valence-electron chi connectivity index (χ0n) is 13.9. The molecule has 0 saturated heterocycles. The van der Waals surface area contributed by atoms with E-state index in [9.17, 15) is 9.90 Å². The molecule has 134 valence electrons. The second-order valence-electron chi connectivity index (χ2n) is 6.28. The van der Waals surface area contributed by atoms with Crippen molar-refractivity contribution in [2.75, 3.05) is 5.32 Å². The Labute approximate surface area is 155 Å². The van der Waals surface area contributed by atoms with E-state index in [1.807, 2.05) is 19.1 Å². The van der Waals surface area contributed by atoms with Crippen molar-refractivity contribution in [2.24, 2.45) is 5.92 Å². The van der Waals surface area contributed by atoms with Gasteiger partial charge in [-0.2, -0.15) is 0 Å². The highest BCUT2D eigenvalue weighted by atomic mass is 35.5. The van der Waals surface area contributed by atoms with Gasteiger partial charge in [-0.1, -0.05) is 11.6 Å². The van der Waals surface area contributed by atoms with Crippen molar-refractivity contribution in [3.63, 3.8) is 0 Å². The molecule has 0 bridgehead atoms. The van der Waals surface area contributed by atoms with Gasteiger partial charge in [0.05, 0.1) is 36.1 Å². The molecule has 25 heavy (non-hydrogen) atoms. The number of aromatic nitrogens is 2. The Morgan fingerprint density at radius 2 is 2.12 bits per heavy atom. The van der Waals surface area contributed by atoms with Crippen LogP contribution in [0.1, 0.15) is 29.0 Å². The van der Waals surface area contributed by atoms with Gasteiger partial charge >= 0.3 is 0 Å². The smallest absolute Gasteiger partial charge is 0.223 e. The number of nitrogens with zero attached hydrogens (tertiary/aromatic N) is 2. The summed E-state index contributed by atoms with van der Waals surface area (Å²) in [6, 6.07) is 3.92. The Morgan fingerprint density at radius 1 is 1.36 bits per heavy atom. The summed E-state index contributed by atoms with van der Waals surface area (Å²) in [5, 5.41) is 16.9. The maximum absolute atomic E-state index is 12.3. The van der Waals surface area contributed by atoms with Crippen LogP contribution in [0.25, 0.3) is 0 Å². The molecule has 1 saturated carbocycles. The number of halogens is 1. The van der Waals surface area contributed by atoms with E-state index in [1.54, 1.807) is 11.3 Å². The molecule has 0 aliphatic heterocycles. The Hall–Kier alpha value is -1.70. The number of rotatable bonds is 5. The molecular formula is C17H21ClN4O2S. The predicted octanol–water partition coefficient (Wildman–Crippen LogP) is 2.76. The molecule has 0 aromatic carbocycles. The first-order chi connectivity index (χ1) is 12.0. The number of carbonyl (C=O) groups excluding carboxylic acids is 1. The molecule has 1 aliphatic rings. The van der Waals surface area contributed by atoms with Crippen LogP contribution in [0.4, 0.5) is 5.95 Å². The first kappa shape index (κ1) is 18.1. The van der Waals surface area contributed by atoms with Gasteiger partial charge in [0.1, 0.15) is 0 Å². The van der Waals surface area contributed by atoms with Crippen molar-refractivity contribution in [1.29, 1.82) is 0 Å². The normalized spacial score (nSPS) is 23.2. The molecule has 2 aromatic heterocycles. The van der Waals surface area contributed by atoms with Gasteiger partial charge in [0.2, 0.25) is 11.9 Å². The molecule has 0 unspecified atom stereocenters. The second-order valence-corrected chi connectivity index (χ2v) is 8.09. The minimum absolute atomic E-state index is 0.00583. The van der Waals surface area contributed by atoms with Gasteiger partial charge in [-0.25, -0.2) is 9.97 Å². The van der Waals surface area contributed by atoms with Crippen LogP contribution in [0.2, 0.25) is 5.02 Å². The van der Waals surface area contributed by atoms with E-state index in [4.69, 9.17) is 11.6 Å². The number of aryl methyl sites for hydroxylation is 1. The Kier molecular flexibility index (Phi) is 5.88. The topological polar surface area (TPSA) is 87.1 Å². The van der Waals surface area contributed by atoms with E-state index in [-0.39, 0.29) is 17.9 Å². The summed E-state index contributed by atoms with van der Waals surface area (Å²) in [4.78, 5) is 22.9. The minimum atomic E-state index is -0.618. The van der Waals surface area contributed by atoms with Crippen molar-refractivity contribution in [3.8, 4) is 0 Å². The molecule has 3 rings (SSSR count). The number of anilines is 1. The number of thiophene rings is 1. The van der Waals surface area contributed by atoms with Crippen LogP contribution in [0, 0.1) is 12.8 Å². The highest BCUT2D eigenvalue weighted by Crippen LogP contribution is 2.27. The number of aliphatic hydroxyl groups excluding tert-OH is 1. The Morgan fingerprint density at radius 3 is 2.76 bits per heavy atom. The average Bonchev–Trinajstić information content (AvgIpc) is 3.02. The van der Waals surface area contributed by atoms with Crippen LogP contribution in [0.3, 0.4) is 0 Å². The van der Waals surface area contributed by atoms with Crippen LogP contribution in [-0.2, 0) is 11.3 Å². The summed E-state index contributed by atoms with van der Waals surface area (Å²) in [5.74, 6) is 0.274. The highest BCUT2D eigenvalue weighted by molar-refractivity contribution is 7.11. The first-order valence-electron chi connectivity index (χ1n) is 8.26. The molecule has 2 aromatic rings. The molecule has 1 amide bonds. The molecule has 0 radical (unpaired) electrons. The fraction of sp³-hybridized carbons (Fsp3) is 0.471. The van der Waals surface area contributed by atoms with Crippen LogP contribution < -0.4 is 10.6 Å². The van der Waals surface area contributed by atoms with Gasteiger partial charge < -0.3 is 15.7 Å². The molecular weight excluding hydrogens is 360 g/mol. The third-order valence-corrected chi connectivity index (χ3v) is 5.55. The van der Waals surface area contributed by atoms with Crippen molar-refractivity contribution in [2.45, 2.75) is 44.9 Å². The lowest BCUT2D eigenvalue weighted by Gasteiger charge is -2.32. The number of aliphatic hydroxyl groups is 1. The highest BCUT2D eigenvalue weighted by Gasteiger charge is 2.33. The lowest BCUT2D eigenvalue weighted by Crippen LogP contribution is -2.44. The molecule has 0 spiro atoms. The third-order valence-electron chi connectivity index (χ3n) is 4.36. The summed E-state index contributed by atoms with van der Waals surface area (Å²) in [7, 11) is 0. The van der Waals surface area contributed by atoms with Crippen LogP contribution in [-0.4, -0.2) is 33.1 Å². The zero-order chi connectivity index (χ0) is 17.8. The van der Waals surface area contributed by atoms with Gasteiger partial charge in [0, 0.05) is 15.7 Å². The maximum Gasteiger partial charge on any atom is 0.223 e. The fourth-order valence-corrected chi connectivity index (χ4v) is 3.93. The van der Waals surface area contributed by atoms with Gasteiger partial charge in [0.25, 0.3) is 0 Å². The number of nitrogens with one attached hydrogen (secondary N) is 2. The number of hydrogen-bond acceptors (Lipinski definition) is 6. The van der Waals surface area contributed by atoms with Gasteiger partial charge in [0.15, 0.2) is 0 Å². The predicted molar refractivity (Wildman–Crippen MR) is 98.7 cm³/mol. The molecule has 2 heterocycles. The van der Waals surface area contributed by atoms with E-state index in [2.05, 4.69) is 20.6 Å². The fourth-order valence-electron chi connectivity index (χ4n) is 3.00. The zero-order valence-corrected chi connectivity index (χ0v) is 15.5. The van der Waals surface area contributed by atoms with Crippen molar-refractivity contribution >= 4 is 34.8 Å². The van der Waals surface area contributed by atoms with Crippen LogP contribution >= 0.6 is 22.9 Å². The quantitative estimate of drug-likeness (QED) is 0.742. The van der Waals surface area contributed by atoms with E-state index >= 15 is 0 Å². The van der Waals surface area contributed by atoms with Crippen molar-refractivity contribution in [3.05, 3.63) is 39.3 Å². The minimum Gasteiger partial charge on any atom is -0.391 e. The third kappa shape index (κ3) is 4.90. The summed E-state index contributed by atoms with van der Waals surface area (Å²) in [6.45, 7) is 2.59. The molecule has 8 heteroatoms. The number of hydrogen-bond donors (Lipinski definition) is 3. The maximum atomic E-state index is 12.3. The molecule has 1 aliphatic carbocycles. The second kappa shape index (κ2) is 8.12. The van der Waals surface area contributed by atoms with Crippen LogP contribution in [0.5, 0.6) is 0 Å². The standard InChI is InChI=1S/C17H21ClN4O2S/c1-10-2-4-13(25-10)9-19-16(24)11-3-5-14(15(23)6-11)22-17-20-7-12(18)8-21-17/h2,4,7-8,11,14-15,23H,3,5-6,9H2,1H3,(H,19,24)(H,20,21,22)/t11-,14-,15-/m0/s1. The van der Waals surface area contributed by atoms with Crippen molar-refractivity contribution < 1.29 is 9.90 Å². The Balaban J connectivity index is 1.48.